The van der Waals surface area contributed by atoms with Gasteiger partial charge < -0.3 is 16.2 Å². The van der Waals surface area contributed by atoms with E-state index in [9.17, 15) is 9.90 Å². The van der Waals surface area contributed by atoms with E-state index in [1.807, 2.05) is 6.92 Å². The van der Waals surface area contributed by atoms with Gasteiger partial charge in [0.2, 0.25) is 5.91 Å². The van der Waals surface area contributed by atoms with Crippen molar-refractivity contribution < 1.29 is 9.90 Å². The summed E-state index contributed by atoms with van der Waals surface area (Å²) in [4.78, 5) is 10.8. The fourth-order valence-corrected chi connectivity index (χ4v) is 2.38. The second-order valence-corrected chi connectivity index (χ2v) is 4.95. The molecule has 1 saturated carbocycles. The number of carbonyl (C=O) groups excluding carboxylic acids is 1. The van der Waals surface area contributed by atoms with Crippen LogP contribution in [0.15, 0.2) is 0 Å². The minimum Gasteiger partial charge on any atom is -0.396 e. The molecule has 16 heavy (non-hydrogen) atoms. The molecule has 0 saturated heterocycles. The Morgan fingerprint density at radius 1 is 1.44 bits per heavy atom. The number of amides is 1. The number of nitrogens with two attached hydrogens (primary N) is 1. The van der Waals surface area contributed by atoms with Crippen molar-refractivity contribution in [2.75, 3.05) is 19.7 Å². The summed E-state index contributed by atoms with van der Waals surface area (Å²) in [6.07, 6.45) is 4.81. The number of hydrogen-bond donors (Lipinski definition) is 3. The van der Waals surface area contributed by atoms with Gasteiger partial charge >= 0.3 is 0 Å². The zero-order valence-electron chi connectivity index (χ0n) is 10.1. The second-order valence-electron chi connectivity index (χ2n) is 4.95. The number of aliphatic hydroxyl groups excluding tert-OH is 1. The third-order valence-corrected chi connectivity index (χ3v) is 3.64. The minimum absolute atomic E-state index is 0.115. The van der Waals surface area contributed by atoms with Crippen LogP contribution in [0, 0.1) is 17.8 Å². The molecule has 1 fully saturated rings. The van der Waals surface area contributed by atoms with Gasteiger partial charge in [-0.1, -0.05) is 19.8 Å². The third kappa shape index (κ3) is 4.10. The molecule has 0 aliphatic heterocycles. The van der Waals surface area contributed by atoms with Gasteiger partial charge in [-0.3, -0.25) is 4.79 Å². The van der Waals surface area contributed by atoms with Gasteiger partial charge in [0.15, 0.2) is 0 Å². The van der Waals surface area contributed by atoms with Crippen molar-refractivity contribution in [3.05, 3.63) is 0 Å². The average molecular weight is 228 g/mol. The van der Waals surface area contributed by atoms with Gasteiger partial charge in [0, 0.05) is 19.1 Å². The maximum atomic E-state index is 10.8. The molecule has 4 heteroatoms. The maximum absolute atomic E-state index is 10.8. The van der Waals surface area contributed by atoms with E-state index >= 15 is 0 Å². The van der Waals surface area contributed by atoms with E-state index in [1.165, 1.54) is 19.3 Å². The van der Waals surface area contributed by atoms with Gasteiger partial charge in [0.05, 0.1) is 0 Å². The first-order valence-corrected chi connectivity index (χ1v) is 6.26. The maximum Gasteiger partial charge on any atom is 0.221 e. The van der Waals surface area contributed by atoms with Crippen LogP contribution < -0.4 is 11.1 Å². The van der Waals surface area contributed by atoms with Gasteiger partial charge in [-0.2, -0.15) is 0 Å². The highest BCUT2D eigenvalue weighted by Gasteiger charge is 2.24. The largest absolute Gasteiger partial charge is 0.396 e. The van der Waals surface area contributed by atoms with Gasteiger partial charge in [-0.15, -0.1) is 0 Å². The monoisotopic (exact) mass is 228 g/mol. The number of aliphatic hydroxyl groups is 1. The molecule has 1 aliphatic carbocycles. The standard InChI is InChI=1S/C12H24N2O2/c1-9(12(13)16)6-14-7-10-4-2-3-5-11(10)8-15/h9-11,14-15H,2-8H2,1H3,(H2,13,16). The molecule has 3 atom stereocenters. The molecule has 3 unspecified atom stereocenters. The van der Waals surface area contributed by atoms with Crippen LogP contribution in [0.25, 0.3) is 0 Å². The van der Waals surface area contributed by atoms with Crippen molar-refractivity contribution in [2.45, 2.75) is 32.6 Å². The number of rotatable bonds is 6. The van der Waals surface area contributed by atoms with E-state index in [0.29, 0.717) is 18.4 Å². The highest BCUT2D eigenvalue weighted by Crippen LogP contribution is 2.28. The first-order chi connectivity index (χ1) is 7.65. The Morgan fingerprint density at radius 2 is 2.06 bits per heavy atom. The summed E-state index contributed by atoms with van der Waals surface area (Å²) in [5.41, 5.74) is 5.19. The predicted molar refractivity (Wildman–Crippen MR) is 63.8 cm³/mol. The van der Waals surface area contributed by atoms with Crippen molar-refractivity contribution in [2.24, 2.45) is 23.5 Å². The normalized spacial score (nSPS) is 27.6. The fraction of sp³-hybridized carbons (Fsp3) is 0.917. The summed E-state index contributed by atoms with van der Waals surface area (Å²) in [7, 11) is 0. The summed E-state index contributed by atoms with van der Waals surface area (Å²) in [6, 6.07) is 0. The number of hydrogen-bond acceptors (Lipinski definition) is 3. The average Bonchev–Trinajstić information content (AvgIpc) is 2.29. The van der Waals surface area contributed by atoms with E-state index in [0.717, 1.165) is 13.0 Å². The lowest BCUT2D eigenvalue weighted by molar-refractivity contribution is -0.121. The van der Waals surface area contributed by atoms with Crippen LogP contribution in [-0.2, 0) is 4.79 Å². The van der Waals surface area contributed by atoms with Crippen molar-refractivity contribution in [3.8, 4) is 0 Å². The summed E-state index contributed by atoms with van der Waals surface area (Å²) in [5.74, 6) is 0.620. The van der Waals surface area contributed by atoms with Gasteiger partial charge in [-0.25, -0.2) is 0 Å². The Balaban J connectivity index is 2.22. The molecule has 0 aromatic heterocycles. The van der Waals surface area contributed by atoms with E-state index < -0.39 is 0 Å². The molecule has 0 aromatic rings. The molecule has 1 aliphatic rings. The number of primary amides is 1. The highest BCUT2D eigenvalue weighted by atomic mass is 16.3. The fourth-order valence-electron chi connectivity index (χ4n) is 2.38. The number of nitrogens with one attached hydrogen (secondary N) is 1. The first-order valence-electron chi connectivity index (χ1n) is 6.26. The molecule has 0 radical (unpaired) electrons. The van der Waals surface area contributed by atoms with Crippen LogP contribution in [0.3, 0.4) is 0 Å². The van der Waals surface area contributed by atoms with E-state index in [-0.39, 0.29) is 18.4 Å². The molecule has 94 valence electrons. The topological polar surface area (TPSA) is 75.3 Å². The lowest BCUT2D eigenvalue weighted by atomic mass is 9.79. The minimum atomic E-state index is -0.255. The van der Waals surface area contributed by atoms with Gasteiger partial charge in [0.25, 0.3) is 0 Å². The second kappa shape index (κ2) is 6.86. The zero-order chi connectivity index (χ0) is 12.0. The van der Waals surface area contributed by atoms with Crippen LogP contribution in [0.2, 0.25) is 0 Å². The molecule has 1 amide bonds. The summed E-state index contributed by atoms with van der Waals surface area (Å²) < 4.78 is 0. The molecule has 0 bridgehead atoms. The van der Waals surface area contributed by atoms with E-state index in [1.54, 1.807) is 0 Å². The molecular weight excluding hydrogens is 204 g/mol. The smallest absolute Gasteiger partial charge is 0.221 e. The summed E-state index contributed by atoms with van der Waals surface area (Å²) >= 11 is 0. The summed E-state index contributed by atoms with van der Waals surface area (Å²) in [6.45, 7) is 3.66. The van der Waals surface area contributed by atoms with Crippen molar-refractivity contribution in [3.63, 3.8) is 0 Å². The van der Waals surface area contributed by atoms with Crippen molar-refractivity contribution in [1.29, 1.82) is 0 Å². The molecule has 0 aromatic carbocycles. The van der Waals surface area contributed by atoms with Crippen LogP contribution in [-0.4, -0.2) is 30.7 Å². The molecule has 1 rings (SSSR count). The van der Waals surface area contributed by atoms with Crippen LogP contribution >= 0.6 is 0 Å². The molecule has 4 N–H and O–H groups in total. The van der Waals surface area contributed by atoms with Crippen molar-refractivity contribution >= 4 is 5.91 Å². The Hall–Kier alpha value is -0.610. The SMILES string of the molecule is CC(CNCC1CCCCC1CO)C(N)=O. The predicted octanol–water partition coefficient (Wildman–Crippen LogP) is 0.496. The Morgan fingerprint density at radius 3 is 2.62 bits per heavy atom. The quantitative estimate of drug-likeness (QED) is 0.619. The first kappa shape index (κ1) is 13.5. The van der Waals surface area contributed by atoms with E-state index in [2.05, 4.69) is 5.32 Å². The Kier molecular flexibility index (Phi) is 5.77. The Labute approximate surface area is 97.6 Å². The summed E-state index contributed by atoms with van der Waals surface area (Å²) in [5, 5.41) is 12.5. The Bertz CT molecular complexity index is 221. The van der Waals surface area contributed by atoms with Crippen LogP contribution in [0.5, 0.6) is 0 Å². The highest BCUT2D eigenvalue weighted by molar-refractivity contribution is 5.76. The number of carbonyl (C=O) groups is 1. The molecule has 0 heterocycles. The van der Waals surface area contributed by atoms with Crippen LogP contribution in [0.4, 0.5) is 0 Å². The van der Waals surface area contributed by atoms with Crippen molar-refractivity contribution in [1.82, 2.24) is 5.32 Å². The van der Waals surface area contributed by atoms with E-state index in [4.69, 9.17) is 5.73 Å². The lowest BCUT2D eigenvalue weighted by Gasteiger charge is -2.30. The molecular formula is C12H24N2O2. The lowest BCUT2D eigenvalue weighted by Crippen LogP contribution is -2.37. The van der Waals surface area contributed by atoms with Gasteiger partial charge in [0.1, 0.15) is 0 Å². The third-order valence-electron chi connectivity index (χ3n) is 3.64. The zero-order valence-corrected chi connectivity index (χ0v) is 10.1. The van der Waals surface area contributed by atoms with Gasteiger partial charge in [-0.05, 0) is 31.2 Å². The van der Waals surface area contributed by atoms with Crippen LogP contribution in [0.1, 0.15) is 32.6 Å². The molecule has 0 spiro atoms. The molecule has 4 nitrogen and oxygen atoms in total.